The molecule has 0 bridgehead atoms. The molecule has 1 atom stereocenters. The summed E-state index contributed by atoms with van der Waals surface area (Å²) in [6.07, 6.45) is 3.06. The average molecular weight is 307 g/mol. The zero-order chi connectivity index (χ0) is 16.2. The Hall–Kier alpha value is -1.42. The van der Waals surface area contributed by atoms with E-state index in [4.69, 9.17) is 0 Å². The molecule has 4 heteroatoms. The number of carbonyl (C=O) groups is 1. The van der Waals surface area contributed by atoms with E-state index in [1.54, 1.807) is 18.2 Å². The van der Waals surface area contributed by atoms with Crippen LogP contribution in [0.5, 0.6) is 0 Å². The maximum Gasteiger partial charge on any atom is 0.225 e. The van der Waals surface area contributed by atoms with Crippen LogP contribution in [-0.2, 0) is 11.2 Å². The Balaban J connectivity index is 1.94. The van der Waals surface area contributed by atoms with Crippen LogP contribution >= 0.6 is 0 Å². The summed E-state index contributed by atoms with van der Waals surface area (Å²) >= 11 is 0. The van der Waals surface area contributed by atoms with Gasteiger partial charge in [0.2, 0.25) is 5.91 Å². The number of aliphatic hydroxyl groups excluding tert-OH is 1. The predicted molar refractivity (Wildman–Crippen MR) is 84.9 cm³/mol. The molecular weight excluding hydrogens is 281 g/mol. The van der Waals surface area contributed by atoms with Gasteiger partial charge in [-0.3, -0.25) is 4.79 Å². The van der Waals surface area contributed by atoms with Gasteiger partial charge in [0.05, 0.1) is 0 Å². The Kier molecular flexibility index (Phi) is 5.57. The highest BCUT2D eigenvalue weighted by Gasteiger charge is 2.34. The van der Waals surface area contributed by atoms with Crippen molar-refractivity contribution in [3.8, 4) is 0 Å². The van der Waals surface area contributed by atoms with E-state index < -0.39 is 0 Å². The zero-order valence-electron chi connectivity index (χ0n) is 13.5. The molecule has 0 aliphatic carbocycles. The number of benzene rings is 1. The molecule has 1 N–H and O–H groups in total. The summed E-state index contributed by atoms with van der Waals surface area (Å²) in [5, 5.41) is 9.56. The molecule has 1 unspecified atom stereocenters. The van der Waals surface area contributed by atoms with Crippen LogP contribution < -0.4 is 0 Å². The number of amides is 1. The van der Waals surface area contributed by atoms with E-state index >= 15 is 0 Å². The lowest BCUT2D eigenvalue weighted by atomic mass is 9.77. The average Bonchev–Trinajstić information content (AvgIpc) is 2.56. The minimum Gasteiger partial charge on any atom is -0.396 e. The number of hydrogen-bond donors (Lipinski definition) is 1. The Morgan fingerprint density at radius 2 is 2.00 bits per heavy atom. The molecule has 0 saturated carbocycles. The van der Waals surface area contributed by atoms with Crippen molar-refractivity contribution in [3.63, 3.8) is 0 Å². The Labute approximate surface area is 132 Å². The van der Waals surface area contributed by atoms with Gasteiger partial charge >= 0.3 is 0 Å². The first kappa shape index (κ1) is 16.9. The first-order chi connectivity index (χ1) is 10.5. The lowest BCUT2D eigenvalue weighted by Crippen LogP contribution is -2.46. The minimum atomic E-state index is -0.244. The molecule has 2 rings (SSSR count). The van der Waals surface area contributed by atoms with Gasteiger partial charge in [0.15, 0.2) is 0 Å². The van der Waals surface area contributed by atoms with Crippen LogP contribution in [0.4, 0.5) is 4.39 Å². The largest absolute Gasteiger partial charge is 0.396 e. The third-order valence-corrected chi connectivity index (χ3v) is 5.13. The standard InChI is InChI=1S/C18H26FNO2/c1-3-18(13-21)8-10-20(11-9-18)17(22)14(2)12-15-6-4-5-7-16(15)19/h4-7,14,21H,3,8-13H2,1-2H3. The summed E-state index contributed by atoms with van der Waals surface area (Å²) in [6, 6.07) is 6.63. The van der Waals surface area contributed by atoms with E-state index in [1.165, 1.54) is 6.07 Å². The number of aliphatic hydroxyl groups is 1. The van der Waals surface area contributed by atoms with Crippen LogP contribution in [0.1, 0.15) is 38.7 Å². The highest BCUT2D eigenvalue weighted by atomic mass is 19.1. The van der Waals surface area contributed by atoms with Crippen LogP contribution in [0.2, 0.25) is 0 Å². The van der Waals surface area contributed by atoms with Crippen LogP contribution in [-0.4, -0.2) is 35.6 Å². The SMILES string of the molecule is CCC1(CO)CCN(C(=O)C(C)Cc2ccccc2F)CC1. The summed E-state index contributed by atoms with van der Waals surface area (Å²) in [4.78, 5) is 14.4. The first-order valence-electron chi connectivity index (χ1n) is 8.14. The van der Waals surface area contributed by atoms with E-state index in [9.17, 15) is 14.3 Å². The van der Waals surface area contributed by atoms with Gasteiger partial charge in [0.1, 0.15) is 5.82 Å². The molecule has 1 amide bonds. The molecular formula is C18H26FNO2. The van der Waals surface area contributed by atoms with Crippen molar-refractivity contribution in [2.45, 2.75) is 39.5 Å². The summed E-state index contributed by atoms with van der Waals surface area (Å²) in [7, 11) is 0. The lowest BCUT2D eigenvalue weighted by molar-refractivity contribution is -0.138. The molecule has 1 fully saturated rings. The molecule has 0 spiro atoms. The van der Waals surface area contributed by atoms with Gasteiger partial charge in [-0.15, -0.1) is 0 Å². The van der Waals surface area contributed by atoms with Gasteiger partial charge in [-0.2, -0.15) is 0 Å². The third-order valence-electron chi connectivity index (χ3n) is 5.13. The summed E-state index contributed by atoms with van der Waals surface area (Å²) in [6.45, 7) is 5.52. The van der Waals surface area contributed by atoms with Crippen molar-refractivity contribution in [2.75, 3.05) is 19.7 Å². The molecule has 22 heavy (non-hydrogen) atoms. The molecule has 1 heterocycles. The Bertz CT molecular complexity index is 504. The lowest BCUT2D eigenvalue weighted by Gasteiger charge is -2.41. The molecule has 1 saturated heterocycles. The third kappa shape index (κ3) is 3.67. The number of piperidine rings is 1. The summed E-state index contributed by atoms with van der Waals surface area (Å²) in [5.41, 5.74) is 0.574. The summed E-state index contributed by atoms with van der Waals surface area (Å²) < 4.78 is 13.7. The van der Waals surface area contributed by atoms with Crippen LogP contribution in [0.15, 0.2) is 24.3 Å². The molecule has 0 aromatic heterocycles. The molecule has 1 aromatic carbocycles. The van der Waals surface area contributed by atoms with Crippen LogP contribution in [0.25, 0.3) is 0 Å². The second-order valence-electron chi connectivity index (χ2n) is 6.53. The number of halogens is 1. The first-order valence-corrected chi connectivity index (χ1v) is 8.14. The van der Waals surface area contributed by atoms with Crippen LogP contribution in [0.3, 0.4) is 0 Å². The molecule has 0 radical (unpaired) electrons. The van der Waals surface area contributed by atoms with Crippen molar-refractivity contribution in [1.82, 2.24) is 4.90 Å². The number of nitrogens with zero attached hydrogens (tertiary/aromatic N) is 1. The molecule has 1 aliphatic heterocycles. The number of hydrogen-bond acceptors (Lipinski definition) is 2. The molecule has 1 aliphatic rings. The maximum absolute atomic E-state index is 13.7. The summed E-state index contributed by atoms with van der Waals surface area (Å²) in [5.74, 6) is -0.378. The quantitative estimate of drug-likeness (QED) is 0.908. The van der Waals surface area contributed by atoms with Gasteiger partial charge in [-0.1, -0.05) is 32.0 Å². The fraction of sp³-hybridized carbons (Fsp3) is 0.611. The Morgan fingerprint density at radius 3 is 2.55 bits per heavy atom. The van der Waals surface area contributed by atoms with E-state index in [0.717, 1.165) is 19.3 Å². The number of likely N-dealkylation sites (tertiary alicyclic amines) is 1. The smallest absolute Gasteiger partial charge is 0.225 e. The van der Waals surface area contributed by atoms with Gasteiger partial charge < -0.3 is 10.0 Å². The highest BCUT2D eigenvalue weighted by Crippen LogP contribution is 2.34. The van der Waals surface area contributed by atoms with Crippen molar-refractivity contribution in [3.05, 3.63) is 35.6 Å². The predicted octanol–water partition coefficient (Wildman–Crippen LogP) is 3.02. The molecule has 122 valence electrons. The van der Waals surface area contributed by atoms with Gasteiger partial charge in [0.25, 0.3) is 0 Å². The van der Waals surface area contributed by atoms with Crippen LogP contribution in [0, 0.1) is 17.2 Å². The van der Waals surface area contributed by atoms with Gasteiger partial charge in [-0.05, 0) is 42.7 Å². The topological polar surface area (TPSA) is 40.5 Å². The highest BCUT2D eigenvalue weighted by molar-refractivity contribution is 5.79. The van der Waals surface area contributed by atoms with Crippen molar-refractivity contribution in [2.24, 2.45) is 11.3 Å². The van der Waals surface area contributed by atoms with E-state index in [-0.39, 0.29) is 29.7 Å². The molecule has 1 aromatic rings. The maximum atomic E-state index is 13.7. The second-order valence-corrected chi connectivity index (χ2v) is 6.53. The molecule has 3 nitrogen and oxygen atoms in total. The van der Waals surface area contributed by atoms with Crippen molar-refractivity contribution >= 4 is 5.91 Å². The van der Waals surface area contributed by atoms with Crippen molar-refractivity contribution < 1.29 is 14.3 Å². The van der Waals surface area contributed by atoms with E-state index in [1.807, 2.05) is 11.8 Å². The fourth-order valence-corrected chi connectivity index (χ4v) is 3.22. The monoisotopic (exact) mass is 307 g/mol. The van der Waals surface area contributed by atoms with Gasteiger partial charge in [-0.25, -0.2) is 4.39 Å². The zero-order valence-corrected chi connectivity index (χ0v) is 13.5. The van der Waals surface area contributed by atoms with E-state index in [2.05, 4.69) is 6.92 Å². The fourth-order valence-electron chi connectivity index (χ4n) is 3.22. The minimum absolute atomic E-state index is 0.0223. The Morgan fingerprint density at radius 1 is 1.36 bits per heavy atom. The normalized spacial score (nSPS) is 19.0. The van der Waals surface area contributed by atoms with Crippen molar-refractivity contribution in [1.29, 1.82) is 0 Å². The van der Waals surface area contributed by atoms with Gasteiger partial charge in [0, 0.05) is 25.6 Å². The number of rotatable bonds is 5. The van der Waals surface area contributed by atoms with E-state index in [0.29, 0.717) is 25.1 Å². The number of carbonyl (C=O) groups excluding carboxylic acids is 1. The second kappa shape index (κ2) is 7.23.